The largest absolute Gasteiger partial charge is 0.295 e. The van der Waals surface area contributed by atoms with Crippen molar-refractivity contribution in [3.63, 3.8) is 0 Å². The van der Waals surface area contributed by atoms with Gasteiger partial charge in [-0.3, -0.25) is 9.59 Å². The number of rotatable bonds is 0. The van der Waals surface area contributed by atoms with Gasteiger partial charge in [-0.25, -0.2) is 0 Å². The average Bonchev–Trinajstić information content (AvgIpc) is 2.39. The monoisotopic (exact) mass is 230 g/mol. The number of Topliss-reactive ketones (excluding diaryl/α,β-unsaturated/α-hetero) is 1. The van der Waals surface area contributed by atoms with Crippen molar-refractivity contribution in [1.82, 2.24) is 0 Å². The Labute approximate surface area is 102 Å². The highest BCUT2D eigenvalue weighted by molar-refractivity contribution is 6.11. The van der Waals surface area contributed by atoms with E-state index in [1.165, 1.54) is 0 Å². The van der Waals surface area contributed by atoms with Gasteiger partial charge < -0.3 is 0 Å². The van der Waals surface area contributed by atoms with Crippen LogP contribution in [-0.2, 0) is 9.59 Å². The van der Waals surface area contributed by atoms with E-state index < -0.39 is 0 Å². The number of carbonyl (C=O) groups excluding carboxylic acids is 2. The molecule has 90 valence electrons. The van der Waals surface area contributed by atoms with E-state index >= 15 is 0 Å². The van der Waals surface area contributed by atoms with Crippen LogP contribution in [0.2, 0.25) is 0 Å². The molecule has 2 aliphatic carbocycles. The molecule has 0 spiro atoms. The Balaban J connectivity index is 2.54. The molecule has 0 N–H and O–H groups in total. The normalized spacial score (nSPS) is 24.8. The summed E-state index contributed by atoms with van der Waals surface area (Å²) in [6.07, 6.45) is 2.81. The van der Waals surface area contributed by atoms with Crippen LogP contribution in [0.5, 0.6) is 0 Å². The first kappa shape index (κ1) is 12.0. The number of allylic oxidation sites excluding steroid dienone is 6. The molecule has 0 aromatic rings. The minimum Gasteiger partial charge on any atom is -0.295 e. The van der Waals surface area contributed by atoms with Crippen molar-refractivity contribution in [1.29, 1.82) is 0 Å². The van der Waals surface area contributed by atoms with E-state index in [-0.39, 0.29) is 17.5 Å². The first-order valence-electron chi connectivity index (χ1n) is 6.07. The number of hydrogen-bond acceptors (Lipinski definition) is 2. The van der Waals surface area contributed by atoms with Crippen LogP contribution in [0.4, 0.5) is 0 Å². The topological polar surface area (TPSA) is 34.1 Å². The highest BCUT2D eigenvalue weighted by Crippen LogP contribution is 2.38. The van der Waals surface area contributed by atoms with Gasteiger partial charge in [0.25, 0.3) is 0 Å². The molecular weight excluding hydrogens is 212 g/mol. The lowest BCUT2D eigenvalue weighted by Gasteiger charge is -2.09. The van der Waals surface area contributed by atoms with Crippen LogP contribution in [0.15, 0.2) is 33.9 Å². The predicted molar refractivity (Wildman–Crippen MR) is 67.6 cm³/mol. The second-order valence-electron chi connectivity index (χ2n) is 5.27. The van der Waals surface area contributed by atoms with Crippen molar-refractivity contribution >= 4 is 11.6 Å². The highest BCUT2D eigenvalue weighted by Gasteiger charge is 2.32. The van der Waals surface area contributed by atoms with Crippen molar-refractivity contribution in [2.24, 2.45) is 5.92 Å². The molecule has 0 fully saturated rings. The molecule has 2 nitrogen and oxygen atoms in total. The van der Waals surface area contributed by atoms with E-state index in [2.05, 4.69) is 0 Å². The molecule has 0 aromatic heterocycles. The third kappa shape index (κ3) is 1.92. The van der Waals surface area contributed by atoms with Gasteiger partial charge in [0, 0.05) is 18.4 Å². The molecule has 0 unspecified atom stereocenters. The molecule has 0 aliphatic heterocycles. The van der Waals surface area contributed by atoms with E-state index in [1.54, 1.807) is 6.08 Å². The summed E-state index contributed by atoms with van der Waals surface area (Å²) in [5.74, 6) is 0.357. The standard InChI is InChI=1S/C15H18O2/c1-8(2)11-7-12-9(3)5-14(17)15(12)10(4)6-13(11)16/h5,10H,6-7H2,1-4H3/t10-/m1/s1. The Hall–Kier alpha value is -1.44. The van der Waals surface area contributed by atoms with Crippen LogP contribution in [0.3, 0.4) is 0 Å². The van der Waals surface area contributed by atoms with E-state index in [1.807, 2.05) is 27.7 Å². The molecular formula is C15H18O2. The predicted octanol–water partition coefficient (Wildman–Crippen LogP) is 3.15. The Morgan fingerprint density at radius 1 is 1.29 bits per heavy atom. The Bertz CT molecular complexity index is 497. The minimum atomic E-state index is 0.0514. The Kier molecular flexibility index (Phi) is 2.90. The van der Waals surface area contributed by atoms with Gasteiger partial charge in [0.15, 0.2) is 11.6 Å². The molecule has 17 heavy (non-hydrogen) atoms. The van der Waals surface area contributed by atoms with Gasteiger partial charge in [-0.05, 0) is 49.5 Å². The van der Waals surface area contributed by atoms with Gasteiger partial charge in [0.2, 0.25) is 0 Å². The van der Waals surface area contributed by atoms with E-state index in [0.29, 0.717) is 12.8 Å². The quantitative estimate of drug-likeness (QED) is 0.599. The van der Waals surface area contributed by atoms with Crippen molar-refractivity contribution in [3.05, 3.63) is 33.9 Å². The second-order valence-corrected chi connectivity index (χ2v) is 5.27. The zero-order chi connectivity index (χ0) is 12.7. The first-order valence-corrected chi connectivity index (χ1v) is 6.07. The SMILES string of the molecule is CC1=CC(=O)C2=C1CC(=C(C)C)C(=O)C[C@H]2C. The van der Waals surface area contributed by atoms with Gasteiger partial charge in [-0.1, -0.05) is 12.5 Å². The third-order valence-corrected chi connectivity index (χ3v) is 3.69. The molecule has 0 bridgehead atoms. The summed E-state index contributed by atoms with van der Waals surface area (Å²) in [6.45, 7) is 7.88. The summed E-state index contributed by atoms with van der Waals surface area (Å²) >= 11 is 0. The molecule has 0 saturated heterocycles. The average molecular weight is 230 g/mol. The number of hydrogen-bond donors (Lipinski definition) is 0. The molecule has 2 rings (SSSR count). The number of ketones is 2. The smallest absolute Gasteiger partial charge is 0.182 e. The molecule has 1 atom stereocenters. The van der Waals surface area contributed by atoms with Crippen LogP contribution in [-0.4, -0.2) is 11.6 Å². The Morgan fingerprint density at radius 3 is 2.53 bits per heavy atom. The maximum atomic E-state index is 12.1. The van der Waals surface area contributed by atoms with Crippen molar-refractivity contribution in [3.8, 4) is 0 Å². The van der Waals surface area contributed by atoms with Crippen LogP contribution in [0, 0.1) is 5.92 Å². The molecule has 0 saturated carbocycles. The Morgan fingerprint density at radius 2 is 1.94 bits per heavy atom. The maximum Gasteiger partial charge on any atom is 0.182 e. The van der Waals surface area contributed by atoms with Crippen LogP contribution >= 0.6 is 0 Å². The minimum absolute atomic E-state index is 0.0514. The van der Waals surface area contributed by atoms with Gasteiger partial charge in [0.05, 0.1) is 0 Å². The molecule has 0 aromatic carbocycles. The van der Waals surface area contributed by atoms with E-state index in [9.17, 15) is 9.59 Å². The zero-order valence-electron chi connectivity index (χ0n) is 10.9. The molecule has 2 aliphatic rings. The summed E-state index contributed by atoms with van der Waals surface area (Å²) in [4.78, 5) is 24.0. The highest BCUT2D eigenvalue weighted by atomic mass is 16.1. The van der Waals surface area contributed by atoms with Crippen molar-refractivity contribution < 1.29 is 9.59 Å². The van der Waals surface area contributed by atoms with Gasteiger partial charge in [-0.15, -0.1) is 0 Å². The zero-order valence-corrected chi connectivity index (χ0v) is 10.9. The molecule has 0 radical (unpaired) electrons. The van der Waals surface area contributed by atoms with E-state index in [4.69, 9.17) is 0 Å². The summed E-state index contributed by atoms with van der Waals surface area (Å²) in [6, 6.07) is 0. The summed E-state index contributed by atoms with van der Waals surface area (Å²) in [5.41, 5.74) is 4.95. The maximum absolute atomic E-state index is 12.1. The van der Waals surface area contributed by atoms with Crippen molar-refractivity contribution in [2.75, 3.05) is 0 Å². The van der Waals surface area contributed by atoms with Crippen LogP contribution < -0.4 is 0 Å². The lowest BCUT2D eigenvalue weighted by Crippen LogP contribution is -2.10. The summed E-state index contributed by atoms with van der Waals surface area (Å²) < 4.78 is 0. The lowest BCUT2D eigenvalue weighted by atomic mass is 9.93. The van der Waals surface area contributed by atoms with Gasteiger partial charge in [0.1, 0.15) is 0 Å². The fourth-order valence-corrected chi connectivity index (χ4v) is 2.73. The molecule has 2 heteroatoms. The van der Waals surface area contributed by atoms with Crippen LogP contribution in [0.25, 0.3) is 0 Å². The van der Waals surface area contributed by atoms with Crippen LogP contribution in [0.1, 0.15) is 40.5 Å². The molecule has 0 amide bonds. The van der Waals surface area contributed by atoms with Crippen molar-refractivity contribution in [2.45, 2.75) is 40.5 Å². The second kappa shape index (κ2) is 4.10. The first-order chi connectivity index (χ1) is 7.91. The van der Waals surface area contributed by atoms with Gasteiger partial charge >= 0.3 is 0 Å². The molecule has 0 heterocycles. The fourth-order valence-electron chi connectivity index (χ4n) is 2.73. The summed E-state index contributed by atoms with van der Waals surface area (Å²) in [7, 11) is 0. The third-order valence-electron chi connectivity index (χ3n) is 3.69. The van der Waals surface area contributed by atoms with Gasteiger partial charge in [-0.2, -0.15) is 0 Å². The number of carbonyl (C=O) groups is 2. The summed E-state index contributed by atoms with van der Waals surface area (Å²) in [5, 5.41) is 0. The lowest BCUT2D eigenvalue weighted by molar-refractivity contribution is -0.116. The van der Waals surface area contributed by atoms with E-state index in [0.717, 1.165) is 27.9 Å². The fraction of sp³-hybridized carbons (Fsp3) is 0.467.